The summed E-state index contributed by atoms with van der Waals surface area (Å²) in [4.78, 5) is 10.9. The topological polar surface area (TPSA) is 38.3 Å². The van der Waals surface area contributed by atoms with Crippen LogP contribution in [0.15, 0.2) is 11.8 Å². The zero-order valence-electron chi connectivity index (χ0n) is 9.01. The van der Waals surface area contributed by atoms with Crippen LogP contribution in [-0.2, 0) is 9.53 Å². The average Bonchev–Trinajstić information content (AvgIpc) is 2.19. The molecule has 0 heterocycles. The molecule has 1 fully saturated rings. The van der Waals surface area contributed by atoms with Gasteiger partial charge < -0.3 is 10.1 Å². The second-order valence-corrected chi connectivity index (χ2v) is 3.83. The fourth-order valence-electron chi connectivity index (χ4n) is 1.85. The van der Waals surface area contributed by atoms with E-state index in [1.165, 1.54) is 45.3 Å². The largest absolute Gasteiger partial charge is 0.466 e. The molecule has 1 rings (SSSR count). The van der Waals surface area contributed by atoms with Crippen LogP contribution in [0.25, 0.3) is 0 Å². The maximum absolute atomic E-state index is 10.9. The van der Waals surface area contributed by atoms with Gasteiger partial charge in [-0.2, -0.15) is 0 Å². The molecule has 14 heavy (non-hydrogen) atoms. The SMILES string of the molecule is COC(=O)/C=C(/C)NC1CCCCC1. The standard InChI is InChI=1S/C11H19NO2/c1-9(8-11(13)14-2)12-10-6-4-3-5-7-10/h8,10,12H,3-7H2,1-2H3/b9-8-. The second kappa shape index (κ2) is 5.68. The molecule has 0 unspecified atom stereocenters. The van der Waals surface area contributed by atoms with E-state index in [0.717, 1.165) is 5.70 Å². The van der Waals surface area contributed by atoms with Gasteiger partial charge >= 0.3 is 5.97 Å². The van der Waals surface area contributed by atoms with E-state index in [0.29, 0.717) is 6.04 Å². The number of allylic oxidation sites excluding steroid dienone is 1. The van der Waals surface area contributed by atoms with Gasteiger partial charge in [0.25, 0.3) is 0 Å². The first-order valence-electron chi connectivity index (χ1n) is 5.25. The lowest BCUT2D eigenvalue weighted by Gasteiger charge is -2.23. The molecule has 0 aromatic carbocycles. The van der Waals surface area contributed by atoms with Gasteiger partial charge in [0.05, 0.1) is 7.11 Å². The molecule has 1 N–H and O–H groups in total. The predicted molar refractivity (Wildman–Crippen MR) is 55.8 cm³/mol. The molecule has 0 radical (unpaired) electrons. The Labute approximate surface area is 85.5 Å². The Hall–Kier alpha value is -0.990. The van der Waals surface area contributed by atoms with Crippen LogP contribution >= 0.6 is 0 Å². The van der Waals surface area contributed by atoms with Gasteiger partial charge in [-0.05, 0) is 19.8 Å². The fraction of sp³-hybridized carbons (Fsp3) is 0.727. The molecule has 0 aromatic rings. The summed E-state index contributed by atoms with van der Waals surface area (Å²) in [5.74, 6) is -0.286. The maximum Gasteiger partial charge on any atom is 0.332 e. The third-order valence-electron chi connectivity index (χ3n) is 2.57. The van der Waals surface area contributed by atoms with Crippen molar-refractivity contribution in [2.75, 3.05) is 7.11 Å². The highest BCUT2D eigenvalue weighted by Crippen LogP contribution is 2.18. The quantitative estimate of drug-likeness (QED) is 0.555. The van der Waals surface area contributed by atoms with Crippen molar-refractivity contribution in [3.63, 3.8) is 0 Å². The van der Waals surface area contributed by atoms with Crippen molar-refractivity contribution in [2.45, 2.75) is 45.1 Å². The number of esters is 1. The first-order valence-corrected chi connectivity index (χ1v) is 5.25. The highest BCUT2D eigenvalue weighted by atomic mass is 16.5. The molecule has 0 saturated heterocycles. The van der Waals surface area contributed by atoms with Gasteiger partial charge in [-0.3, -0.25) is 0 Å². The Morgan fingerprint density at radius 1 is 1.36 bits per heavy atom. The molecule has 0 aromatic heterocycles. The number of rotatable bonds is 3. The summed E-state index contributed by atoms with van der Waals surface area (Å²) in [6.07, 6.45) is 7.87. The Bertz CT molecular complexity index is 217. The van der Waals surface area contributed by atoms with Crippen molar-refractivity contribution < 1.29 is 9.53 Å². The van der Waals surface area contributed by atoms with Crippen molar-refractivity contribution in [2.24, 2.45) is 0 Å². The van der Waals surface area contributed by atoms with Gasteiger partial charge in [0.15, 0.2) is 0 Å². The van der Waals surface area contributed by atoms with Crippen LogP contribution in [0, 0.1) is 0 Å². The van der Waals surface area contributed by atoms with Crippen LogP contribution in [0.4, 0.5) is 0 Å². The number of methoxy groups -OCH3 is 1. The molecular weight excluding hydrogens is 178 g/mol. The van der Waals surface area contributed by atoms with E-state index >= 15 is 0 Å². The van der Waals surface area contributed by atoms with Crippen molar-refractivity contribution in [3.8, 4) is 0 Å². The number of carbonyl (C=O) groups excluding carboxylic acids is 1. The minimum atomic E-state index is -0.286. The summed E-state index contributed by atoms with van der Waals surface area (Å²) in [5.41, 5.74) is 0.906. The highest BCUT2D eigenvalue weighted by Gasteiger charge is 2.12. The molecule has 1 aliphatic rings. The predicted octanol–water partition coefficient (Wildman–Crippen LogP) is 1.99. The molecular formula is C11H19NO2. The van der Waals surface area contributed by atoms with Crippen molar-refractivity contribution in [1.82, 2.24) is 5.32 Å². The first-order chi connectivity index (χ1) is 6.72. The molecule has 0 spiro atoms. The second-order valence-electron chi connectivity index (χ2n) is 3.83. The molecule has 1 aliphatic carbocycles. The lowest BCUT2D eigenvalue weighted by molar-refractivity contribution is -0.134. The zero-order valence-corrected chi connectivity index (χ0v) is 9.01. The number of ether oxygens (including phenoxy) is 1. The van der Waals surface area contributed by atoms with Gasteiger partial charge in [0.2, 0.25) is 0 Å². The third kappa shape index (κ3) is 3.81. The molecule has 3 nitrogen and oxygen atoms in total. The van der Waals surface area contributed by atoms with Crippen LogP contribution in [0.2, 0.25) is 0 Å². The van der Waals surface area contributed by atoms with Crippen molar-refractivity contribution in [1.29, 1.82) is 0 Å². The van der Waals surface area contributed by atoms with Gasteiger partial charge in [0.1, 0.15) is 0 Å². The summed E-state index contributed by atoms with van der Waals surface area (Å²) in [5, 5.41) is 3.34. The molecule has 0 atom stereocenters. The molecule has 3 heteroatoms. The molecule has 1 saturated carbocycles. The highest BCUT2D eigenvalue weighted by molar-refractivity contribution is 5.82. The van der Waals surface area contributed by atoms with E-state index in [1.54, 1.807) is 0 Å². The van der Waals surface area contributed by atoms with Gasteiger partial charge in [-0.15, -0.1) is 0 Å². The summed E-state index contributed by atoms with van der Waals surface area (Å²) < 4.78 is 4.55. The zero-order chi connectivity index (χ0) is 10.4. The van der Waals surface area contributed by atoms with E-state index in [2.05, 4.69) is 10.1 Å². The first kappa shape index (κ1) is 11.1. The summed E-state index contributed by atoms with van der Waals surface area (Å²) in [6, 6.07) is 0.546. The summed E-state index contributed by atoms with van der Waals surface area (Å²) >= 11 is 0. The van der Waals surface area contributed by atoms with E-state index in [4.69, 9.17) is 0 Å². The van der Waals surface area contributed by atoms with Crippen molar-refractivity contribution >= 4 is 5.97 Å². The molecule has 0 aliphatic heterocycles. The third-order valence-corrected chi connectivity index (χ3v) is 2.57. The minimum Gasteiger partial charge on any atom is -0.466 e. The summed E-state index contributed by atoms with van der Waals surface area (Å²) in [6.45, 7) is 1.91. The van der Waals surface area contributed by atoms with E-state index < -0.39 is 0 Å². The summed E-state index contributed by atoms with van der Waals surface area (Å²) in [7, 11) is 1.40. The molecule has 0 amide bonds. The average molecular weight is 197 g/mol. The smallest absolute Gasteiger partial charge is 0.332 e. The van der Waals surface area contributed by atoms with E-state index in [9.17, 15) is 4.79 Å². The van der Waals surface area contributed by atoms with E-state index in [1.807, 2.05) is 6.92 Å². The maximum atomic E-state index is 10.9. The van der Waals surface area contributed by atoms with Crippen LogP contribution in [0.3, 0.4) is 0 Å². The Morgan fingerprint density at radius 2 is 2.00 bits per heavy atom. The van der Waals surface area contributed by atoms with Crippen LogP contribution in [0.5, 0.6) is 0 Å². The minimum absolute atomic E-state index is 0.286. The number of hydrogen-bond donors (Lipinski definition) is 1. The number of hydrogen-bond acceptors (Lipinski definition) is 3. The normalized spacial score (nSPS) is 19.1. The molecule has 80 valence electrons. The van der Waals surface area contributed by atoms with Crippen LogP contribution in [0.1, 0.15) is 39.0 Å². The van der Waals surface area contributed by atoms with Crippen molar-refractivity contribution in [3.05, 3.63) is 11.8 Å². The Morgan fingerprint density at radius 3 is 2.57 bits per heavy atom. The Kier molecular flexibility index (Phi) is 4.50. The van der Waals surface area contributed by atoms with Gasteiger partial charge in [-0.1, -0.05) is 19.3 Å². The van der Waals surface area contributed by atoms with E-state index in [-0.39, 0.29) is 5.97 Å². The van der Waals surface area contributed by atoms with Crippen LogP contribution < -0.4 is 5.32 Å². The monoisotopic (exact) mass is 197 g/mol. The lowest BCUT2D eigenvalue weighted by Crippen LogP contribution is -2.29. The Balaban J connectivity index is 2.34. The van der Waals surface area contributed by atoms with Gasteiger partial charge in [-0.25, -0.2) is 4.79 Å². The number of carbonyl (C=O) groups is 1. The van der Waals surface area contributed by atoms with Crippen LogP contribution in [-0.4, -0.2) is 19.1 Å². The lowest BCUT2D eigenvalue weighted by atomic mass is 9.95. The van der Waals surface area contributed by atoms with Gasteiger partial charge in [0, 0.05) is 17.8 Å². The number of nitrogens with one attached hydrogen (secondary N) is 1. The fourth-order valence-corrected chi connectivity index (χ4v) is 1.85. The molecule has 0 bridgehead atoms.